The Morgan fingerprint density at radius 2 is 2.08 bits per heavy atom. The lowest BCUT2D eigenvalue weighted by molar-refractivity contribution is 0.194. The highest BCUT2D eigenvalue weighted by Crippen LogP contribution is 2.25. The second kappa shape index (κ2) is 3.79. The molecule has 1 atom stereocenters. The van der Waals surface area contributed by atoms with Gasteiger partial charge in [0, 0.05) is 25.3 Å². The van der Waals surface area contributed by atoms with E-state index in [1.807, 2.05) is 7.05 Å². The van der Waals surface area contributed by atoms with E-state index in [0.717, 1.165) is 13.2 Å². The number of hydrogen-bond acceptors (Lipinski definition) is 2. The summed E-state index contributed by atoms with van der Waals surface area (Å²) >= 11 is 0. The van der Waals surface area contributed by atoms with Crippen LogP contribution in [-0.2, 0) is 4.74 Å². The highest BCUT2D eigenvalue weighted by molar-refractivity contribution is 5.44. The Hall–Kier alpha value is -1.02. The zero-order valence-corrected chi connectivity index (χ0v) is 7.92. The van der Waals surface area contributed by atoms with E-state index < -0.39 is 0 Å². The molecule has 1 N–H and O–H groups in total. The SMILES string of the molecule is CNc1ccc(C2CCOC2)cc1. The van der Waals surface area contributed by atoms with E-state index in [1.54, 1.807) is 0 Å². The predicted molar refractivity (Wildman–Crippen MR) is 54.2 cm³/mol. The third kappa shape index (κ3) is 1.83. The molecule has 1 unspecified atom stereocenters. The number of nitrogens with one attached hydrogen (secondary N) is 1. The number of ether oxygens (including phenoxy) is 1. The maximum atomic E-state index is 5.35. The normalized spacial score (nSPS) is 21.8. The second-order valence-corrected chi connectivity index (χ2v) is 3.43. The van der Waals surface area contributed by atoms with Gasteiger partial charge in [-0.2, -0.15) is 0 Å². The minimum Gasteiger partial charge on any atom is -0.388 e. The summed E-state index contributed by atoms with van der Waals surface area (Å²) < 4.78 is 5.35. The lowest BCUT2D eigenvalue weighted by atomic mass is 9.98. The van der Waals surface area contributed by atoms with Crippen molar-refractivity contribution in [3.8, 4) is 0 Å². The van der Waals surface area contributed by atoms with Crippen molar-refractivity contribution in [1.82, 2.24) is 0 Å². The third-order valence-corrected chi connectivity index (χ3v) is 2.60. The lowest BCUT2D eigenvalue weighted by Gasteiger charge is -2.08. The van der Waals surface area contributed by atoms with E-state index in [1.165, 1.54) is 17.7 Å². The van der Waals surface area contributed by atoms with Crippen LogP contribution in [0.15, 0.2) is 24.3 Å². The molecular formula is C11H15NO. The molecule has 1 heterocycles. The minimum absolute atomic E-state index is 0.617. The van der Waals surface area contributed by atoms with Crippen LogP contribution >= 0.6 is 0 Å². The van der Waals surface area contributed by atoms with Crippen molar-refractivity contribution < 1.29 is 4.74 Å². The van der Waals surface area contributed by atoms with Gasteiger partial charge < -0.3 is 10.1 Å². The average Bonchev–Trinajstić information content (AvgIpc) is 2.71. The minimum atomic E-state index is 0.617. The van der Waals surface area contributed by atoms with Gasteiger partial charge in [0.1, 0.15) is 0 Å². The summed E-state index contributed by atoms with van der Waals surface area (Å²) in [6, 6.07) is 8.61. The Labute approximate surface area is 78.9 Å². The molecular weight excluding hydrogens is 162 g/mol. The molecule has 0 aliphatic carbocycles. The van der Waals surface area contributed by atoms with Gasteiger partial charge >= 0.3 is 0 Å². The topological polar surface area (TPSA) is 21.3 Å². The zero-order valence-electron chi connectivity index (χ0n) is 7.92. The molecule has 1 aromatic carbocycles. The average molecular weight is 177 g/mol. The van der Waals surface area contributed by atoms with Gasteiger partial charge in [0.2, 0.25) is 0 Å². The van der Waals surface area contributed by atoms with E-state index in [2.05, 4.69) is 29.6 Å². The van der Waals surface area contributed by atoms with Gasteiger partial charge in [-0.05, 0) is 24.1 Å². The molecule has 0 spiro atoms. The van der Waals surface area contributed by atoms with E-state index >= 15 is 0 Å². The Kier molecular flexibility index (Phi) is 2.50. The summed E-state index contributed by atoms with van der Waals surface area (Å²) in [7, 11) is 1.94. The van der Waals surface area contributed by atoms with Crippen LogP contribution in [0.5, 0.6) is 0 Å². The molecule has 1 aromatic rings. The Balaban J connectivity index is 2.12. The lowest BCUT2D eigenvalue weighted by Crippen LogP contribution is -1.97. The Bertz CT molecular complexity index is 262. The summed E-state index contributed by atoms with van der Waals surface area (Å²) in [5, 5.41) is 3.11. The van der Waals surface area contributed by atoms with Crippen molar-refractivity contribution in [2.24, 2.45) is 0 Å². The van der Waals surface area contributed by atoms with Gasteiger partial charge in [0.25, 0.3) is 0 Å². The van der Waals surface area contributed by atoms with Gasteiger partial charge in [0.05, 0.1) is 6.61 Å². The zero-order chi connectivity index (χ0) is 9.10. The molecule has 1 aliphatic heterocycles. The molecule has 1 fully saturated rings. The smallest absolute Gasteiger partial charge is 0.0535 e. The third-order valence-electron chi connectivity index (χ3n) is 2.60. The quantitative estimate of drug-likeness (QED) is 0.748. The molecule has 0 aromatic heterocycles. The maximum absolute atomic E-state index is 5.35. The fraction of sp³-hybridized carbons (Fsp3) is 0.455. The van der Waals surface area contributed by atoms with Gasteiger partial charge in [-0.3, -0.25) is 0 Å². The first kappa shape index (κ1) is 8.57. The van der Waals surface area contributed by atoms with Gasteiger partial charge in [-0.15, -0.1) is 0 Å². The molecule has 0 amide bonds. The van der Waals surface area contributed by atoms with Crippen LogP contribution in [0.25, 0.3) is 0 Å². The van der Waals surface area contributed by atoms with Gasteiger partial charge in [0.15, 0.2) is 0 Å². The first-order chi connectivity index (χ1) is 6.40. The molecule has 2 nitrogen and oxygen atoms in total. The van der Waals surface area contributed by atoms with Crippen LogP contribution in [-0.4, -0.2) is 20.3 Å². The molecule has 0 bridgehead atoms. The van der Waals surface area contributed by atoms with Crippen molar-refractivity contribution in [2.45, 2.75) is 12.3 Å². The number of anilines is 1. The van der Waals surface area contributed by atoms with Crippen LogP contribution in [0.4, 0.5) is 5.69 Å². The van der Waals surface area contributed by atoms with Crippen LogP contribution in [0.1, 0.15) is 17.9 Å². The van der Waals surface area contributed by atoms with Crippen molar-refractivity contribution in [2.75, 3.05) is 25.6 Å². The fourth-order valence-electron chi connectivity index (χ4n) is 1.72. The summed E-state index contributed by atoms with van der Waals surface area (Å²) in [6.07, 6.45) is 1.17. The van der Waals surface area contributed by atoms with Crippen LogP contribution < -0.4 is 5.32 Å². The van der Waals surface area contributed by atoms with E-state index in [9.17, 15) is 0 Å². The summed E-state index contributed by atoms with van der Waals surface area (Å²) in [5.74, 6) is 0.617. The van der Waals surface area contributed by atoms with Crippen LogP contribution in [0, 0.1) is 0 Å². The molecule has 70 valence electrons. The highest BCUT2D eigenvalue weighted by Gasteiger charge is 2.16. The second-order valence-electron chi connectivity index (χ2n) is 3.43. The largest absolute Gasteiger partial charge is 0.388 e. The van der Waals surface area contributed by atoms with Crippen LogP contribution in [0.3, 0.4) is 0 Å². The fourth-order valence-corrected chi connectivity index (χ4v) is 1.72. The Morgan fingerprint density at radius 1 is 1.31 bits per heavy atom. The van der Waals surface area contributed by atoms with E-state index in [-0.39, 0.29) is 0 Å². The maximum Gasteiger partial charge on any atom is 0.0535 e. The van der Waals surface area contributed by atoms with Crippen molar-refractivity contribution in [3.63, 3.8) is 0 Å². The summed E-state index contributed by atoms with van der Waals surface area (Å²) in [4.78, 5) is 0. The number of hydrogen-bond donors (Lipinski definition) is 1. The first-order valence-corrected chi connectivity index (χ1v) is 4.75. The molecule has 1 saturated heterocycles. The van der Waals surface area contributed by atoms with Crippen molar-refractivity contribution in [1.29, 1.82) is 0 Å². The molecule has 0 radical (unpaired) electrons. The first-order valence-electron chi connectivity index (χ1n) is 4.75. The molecule has 2 heteroatoms. The van der Waals surface area contributed by atoms with Crippen LogP contribution in [0.2, 0.25) is 0 Å². The monoisotopic (exact) mass is 177 g/mol. The Morgan fingerprint density at radius 3 is 2.62 bits per heavy atom. The standard InChI is InChI=1S/C11H15NO/c1-12-11-4-2-9(3-5-11)10-6-7-13-8-10/h2-5,10,12H,6-8H2,1H3. The van der Waals surface area contributed by atoms with Crippen molar-refractivity contribution in [3.05, 3.63) is 29.8 Å². The van der Waals surface area contributed by atoms with Gasteiger partial charge in [-0.25, -0.2) is 0 Å². The van der Waals surface area contributed by atoms with Crippen molar-refractivity contribution >= 4 is 5.69 Å². The van der Waals surface area contributed by atoms with Gasteiger partial charge in [-0.1, -0.05) is 12.1 Å². The van der Waals surface area contributed by atoms with E-state index in [4.69, 9.17) is 4.74 Å². The molecule has 2 rings (SSSR count). The number of rotatable bonds is 2. The summed E-state index contributed by atoms with van der Waals surface area (Å²) in [5.41, 5.74) is 2.57. The number of benzene rings is 1. The molecule has 13 heavy (non-hydrogen) atoms. The van der Waals surface area contributed by atoms with E-state index in [0.29, 0.717) is 5.92 Å². The molecule has 1 aliphatic rings. The molecule has 0 saturated carbocycles. The summed E-state index contributed by atoms with van der Waals surface area (Å²) in [6.45, 7) is 1.80. The predicted octanol–water partition coefficient (Wildman–Crippen LogP) is 2.23. The highest BCUT2D eigenvalue weighted by atomic mass is 16.5.